The Morgan fingerprint density at radius 3 is 2.23 bits per heavy atom. The standard InChI is InChI=1S/C26H26ClN5O5S2/c1-15(33)21-13-31(39(36,37)24-9-18-3-4-20(27)10-23(18)38-24)14-22(16(2)34)32(21)26(35)19-11-29-25(30-12-19)17-5-7-28-8-6-17/h3-12,15-16,21-22,33-34H,13-14H2,1-2H3. The van der Waals surface area contributed by atoms with Gasteiger partial charge in [0.15, 0.2) is 5.82 Å². The summed E-state index contributed by atoms with van der Waals surface area (Å²) in [5.74, 6) is -0.102. The third kappa shape index (κ3) is 5.40. The van der Waals surface area contributed by atoms with Crippen molar-refractivity contribution in [3.63, 3.8) is 0 Å². The van der Waals surface area contributed by atoms with Crippen LogP contribution in [0.3, 0.4) is 0 Å². The highest BCUT2D eigenvalue weighted by Gasteiger charge is 2.46. The fourth-order valence-electron chi connectivity index (χ4n) is 4.65. The van der Waals surface area contributed by atoms with Crippen LogP contribution in [-0.4, -0.2) is 86.1 Å². The van der Waals surface area contributed by atoms with E-state index < -0.39 is 40.2 Å². The summed E-state index contributed by atoms with van der Waals surface area (Å²) in [7, 11) is -4.00. The first kappa shape index (κ1) is 27.6. The van der Waals surface area contributed by atoms with Crippen LogP contribution in [0.1, 0.15) is 24.2 Å². The summed E-state index contributed by atoms with van der Waals surface area (Å²) >= 11 is 7.17. The molecule has 1 aliphatic rings. The zero-order chi connectivity index (χ0) is 27.9. The molecule has 0 spiro atoms. The number of fused-ring (bicyclic) bond motifs is 1. The molecule has 4 heterocycles. The van der Waals surface area contributed by atoms with Gasteiger partial charge in [0.2, 0.25) is 0 Å². The second-order valence-electron chi connectivity index (χ2n) is 9.43. The highest BCUT2D eigenvalue weighted by molar-refractivity contribution is 7.91. The number of benzene rings is 1. The molecule has 1 fully saturated rings. The monoisotopic (exact) mass is 587 g/mol. The van der Waals surface area contributed by atoms with Gasteiger partial charge in [-0.15, -0.1) is 11.3 Å². The van der Waals surface area contributed by atoms with E-state index in [1.54, 1.807) is 48.8 Å². The molecule has 0 radical (unpaired) electrons. The van der Waals surface area contributed by atoms with Gasteiger partial charge in [0.25, 0.3) is 15.9 Å². The number of sulfonamides is 1. The van der Waals surface area contributed by atoms with E-state index in [2.05, 4.69) is 15.0 Å². The molecule has 4 unspecified atom stereocenters. The minimum atomic E-state index is -4.00. The first-order valence-electron chi connectivity index (χ1n) is 12.2. The molecule has 10 nitrogen and oxygen atoms in total. The summed E-state index contributed by atoms with van der Waals surface area (Å²) in [6.45, 7) is 2.68. The summed E-state index contributed by atoms with van der Waals surface area (Å²) < 4.78 is 29.5. The van der Waals surface area contributed by atoms with E-state index in [4.69, 9.17) is 11.6 Å². The number of aliphatic hydroxyl groups excluding tert-OH is 2. The predicted molar refractivity (Wildman–Crippen MR) is 148 cm³/mol. The predicted octanol–water partition coefficient (Wildman–Crippen LogP) is 3.05. The number of amides is 1. The Kier molecular flexibility index (Phi) is 7.68. The number of aliphatic hydroxyl groups is 2. The number of thiophene rings is 1. The number of nitrogens with zero attached hydrogens (tertiary/aromatic N) is 5. The maximum atomic E-state index is 13.7. The lowest BCUT2D eigenvalue weighted by atomic mass is 9.99. The molecule has 4 atom stereocenters. The van der Waals surface area contributed by atoms with Crippen molar-refractivity contribution in [2.75, 3.05) is 13.1 Å². The molecule has 1 amide bonds. The van der Waals surface area contributed by atoms with Gasteiger partial charge in [0, 0.05) is 53.2 Å². The number of carbonyl (C=O) groups is 1. The van der Waals surface area contributed by atoms with Gasteiger partial charge in [-0.25, -0.2) is 18.4 Å². The number of piperazine rings is 1. The third-order valence-electron chi connectivity index (χ3n) is 6.74. The van der Waals surface area contributed by atoms with Gasteiger partial charge in [0.05, 0.1) is 29.9 Å². The summed E-state index contributed by atoms with van der Waals surface area (Å²) in [5.41, 5.74) is 0.886. The molecule has 2 N–H and O–H groups in total. The first-order chi connectivity index (χ1) is 18.6. The van der Waals surface area contributed by atoms with Crippen molar-refractivity contribution in [2.24, 2.45) is 0 Å². The van der Waals surface area contributed by atoms with Crippen LogP contribution in [0.25, 0.3) is 21.5 Å². The number of carbonyl (C=O) groups excluding carboxylic acids is 1. The highest BCUT2D eigenvalue weighted by Crippen LogP contribution is 2.35. The SMILES string of the molecule is CC(O)C1CN(S(=O)(=O)c2cc3ccc(Cl)cc3s2)CC(C(C)O)N1C(=O)c1cnc(-c2ccncc2)nc1. The van der Waals surface area contributed by atoms with Crippen LogP contribution in [0.4, 0.5) is 0 Å². The molecule has 5 rings (SSSR count). The van der Waals surface area contributed by atoms with Crippen molar-refractivity contribution in [1.29, 1.82) is 0 Å². The highest BCUT2D eigenvalue weighted by atomic mass is 35.5. The van der Waals surface area contributed by atoms with Crippen LogP contribution in [0.15, 0.2) is 65.4 Å². The fraction of sp³-hybridized carbons (Fsp3) is 0.308. The fourth-order valence-corrected chi connectivity index (χ4v) is 7.96. The van der Waals surface area contributed by atoms with E-state index in [1.807, 2.05) is 0 Å². The van der Waals surface area contributed by atoms with Gasteiger partial charge >= 0.3 is 0 Å². The summed E-state index contributed by atoms with van der Waals surface area (Å²) in [6, 6.07) is 8.37. The number of pyridine rings is 1. The molecule has 1 aromatic carbocycles. The van der Waals surface area contributed by atoms with Crippen LogP contribution in [0.2, 0.25) is 5.02 Å². The van der Waals surface area contributed by atoms with E-state index in [9.17, 15) is 23.4 Å². The molecular formula is C26H26ClN5O5S2. The minimum Gasteiger partial charge on any atom is -0.391 e. The van der Waals surface area contributed by atoms with Crippen LogP contribution in [-0.2, 0) is 10.0 Å². The normalized spacial score (nSPS) is 20.2. The molecule has 0 bridgehead atoms. The van der Waals surface area contributed by atoms with Crippen molar-refractivity contribution in [2.45, 2.75) is 42.3 Å². The summed E-state index contributed by atoms with van der Waals surface area (Å²) in [6.07, 6.45) is 3.81. The van der Waals surface area contributed by atoms with Crippen LogP contribution < -0.4 is 0 Å². The Bertz CT molecular complexity index is 1580. The van der Waals surface area contributed by atoms with Crippen molar-refractivity contribution < 1.29 is 23.4 Å². The smallest absolute Gasteiger partial charge is 0.257 e. The lowest BCUT2D eigenvalue weighted by molar-refractivity contribution is -0.0349. The van der Waals surface area contributed by atoms with Crippen LogP contribution in [0.5, 0.6) is 0 Å². The second-order valence-corrected chi connectivity index (χ2v) is 13.1. The van der Waals surface area contributed by atoms with Crippen LogP contribution >= 0.6 is 22.9 Å². The Labute approximate surface area is 234 Å². The molecule has 1 saturated heterocycles. The third-order valence-corrected chi connectivity index (χ3v) is 10.3. The Hall–Kier alpha value is -3.00. The molecule has 204 valence electrons. The van der Waals surface area contributed by atoms with Gasteiger partial charge in [-0.2, -0.15) is 4.31 Å². The zero-order valence-electron chi connectivity index (χ0n) is 21.0. The lowest BCUT2D eigenvalue weighted by Crippen LogP contribution is -2.66. The van der Waals surface area contributed by atoms with Gasteiger partial charge < -0.3 is 15.1 Å². The number of rotatable bonds is 6. The molecule has 0 saturated carbocycles. The number of aromatic nitrogens is 3. The zero-order valence-corrected chi connectivity index (χ0v) is 23.4. The lowest BCUT2D eigenvalue weighted by Gasteiger charge is -2.48. The van der Waals surface area contributed by atoms with E-state index >= 15 is 0 Å². The number of hydrogen-bond acceptors (Lipinski definition) is 9. The molecule has 1 aliphatic heterocycles. The van der Waals surface area contributed by atoms with Gasteiger partial charge in [-0.3, -0.25) is 9.78 Å². The number of hydrogen-bond donors (Lipinski definition) is 2. The van der Waals surface area contributed by atoms with Gasteiger partial charge in [-0.05, 0) is 49.6 Å². The van der Waals surface area contributed by atoms with Crippen molar-refractivity contribution in [3.05, 3.63) is 71.8 Å². The average molecular weight is 588 g/mol. The molecular weight excluding hydrogens is 562 g/mol. The van der Waals surface area contributed by atoms with E-state index in [0.29, 0.717) is 10.8 Å². The van der Waals surface area contributed by atoms with Crippen molar-refractivity contribution in [1.82, 2.24) is 24.2 Å². The van der Waals surface area contributed by atoms with Crippen molar-refractivity contribution in [3.8, 4) is 11.4 Å². The molecule has 13 heteroatoms. The second kappa shape index (κ2) is 10.9. The topological polar surface area (TPSA) is 137 Å². The quantitative estimate of drug-likeness (QED) is 0.351. The van der Waals surface area contributed by atoms with E-state index in [0.717, 1.165) is 27.0 Å². The maximum Gasteiger partial charge on any atom is 0.257 e. The molecule has 39 heavy (non-hydrogen) atoms. The van der Waals surface area contributed by atoms with Crippen molar-refractivity contribution >= 4 is 49.0 Å². The summed E-state index contributed by atoms with van der Waals surface area (Å²) in [5, 5.41) is 22.6. The largest absolute Gasteiger partial charge is 0.391 e. The molecule has 0 aliphatic carbocycles. The minimum absolute atomic E-state index is 0.119. The van der Waals surface area contributed by atoms with E-state index in [1.165, 1.54) is 35.4 Å². The Morgan fingerprint density at radius 2 is 1.64 bits per heavy atom. The summed E-state index contributed by atoms with van der Waals surface area (Å²) in [4.78, 5) is 27.6. The number of halogens is 1. The Balaban J connectivity index is 1.46. The molecule has 3 aromatic heterocycles. The van der Waals surface area contributed by atoms with E-state index in [-0.39, 0.29) is 22.9 Å². The Morgan fingerprint density at radius 1 is 1.03 bits per heavy atom. The van der Waals surface area contributed by atoms with Gasteiger partial charge in [-0.1, -0.05) is 17.7 Å². The van der Waals surface area contributed by atoms with Gasteiger partial charge in [0.1, 0.15) is 4.21 Å². The molecule has 4 aromatic rings. The maximum absolute atomic E-state index is 13.7. The van der Waals surface area contributed by atoms with Crippen LogP contribution in [0, 0.1) is 0 Å². The average Bonchev–Trinajstić information content (AvgIpc) is 3.36. The first-order valence-corrected chi connectivity index (χ1v) is 14.8.